The van der Waals surface area contributed by atoms with Crippen LogP contribution in [0.15, 0.2) is 24.3 Å². The molecular formula is C10H13BrN2O2. The maximum atomic E-state index is 9.65. The van der Waals surface area contributed by atoms with Crippen LogP contribution in [0.3, 0.4) is 0 Å². The number of nitrogens with two attached hydrogens (primary N) is 1. The summed E-state index contributed by atoms with van der Waals surface area (Å²) in [6.07, 6.45) is -1.77. The highest BCUT2D eigenvalue weighted by Gasteiger charge is 2.16. The average Bonchev–Trinajstić information content (AvgIpc) is 2.27. The number of rotatable bonds is 4. The van der Waals surface area contributed by atoms with E-state index in [1.165, 1.54) is 0 Å². The monoisotopic (exact) mass is 272 g/mol. The van der Waals surface area contributed by atoms with Crippen molar-refractivity contribution in [1.82, 2.24) is 0 Å². The van der Waals surface area contributed by atoms with E-state index in [9.17, 15) is 10.2 Å². The van der Waals surface area contributed by atoms with Crippen molar-refractivity contribution < 1.29 is 10.2 Å². The molecule has 0 heterocycles. The topological polar surface area (TPSA) is 90.3 Å². The average molecular weight is 273 g/mol. The molecule has 0 aromatic heterocycles. The lowest BCUT2D eigenvalue weighted by Gasteiger charge is -2.15. The molecule has 1 rings (SSSR count). The molecule has 82 valence electrons. The van der Waals surface area contributed by atoms with Crippen molar-refractivity contribution in [3.8, 4) is 0 Å². The van der Waals surface area contributed by atoms with E-state index in [0.717, 1.165) is 0 Å². The summed E-state index contributed by atoms with van der Waals surface area (Å²) < 4.78 is 0. The molecule has 1 aromatic rings. The maximum Gasteiger partial charge on any atom is 0.122 e. The number of hydrogen-bond donors (Lipinski definition) is 4. The molecule has 0 aliphatic heterocycles. The van der Waals surface area contributed by atoms with Crippen LogP contribution in [0.1, 0.15) is 17.2 Å². The molecule has 0 aliphatic carbocycles. The fourth-order valence-corrected chi connectivity index (χ4v) is 1.52. The van der Waals surface area contributed by atoms with Crippen molar-refractivity contribution in [1.29, 1.82) is 5.41 Å². The molecule has 0 saturated carbocycles. The molecule has 5 N–H and O–H groups in total. The van der Waals surface area contributed by atoms with E-state index in [-0.39, 0.29) is 5.84 Å². The Balaban J connectivity index is 2.84. The molecule has 0 saturated heterocycles. The summed E-state index contributed by atoms with van der Waals surface area (Å²) in [5, 5.41) is 26.5. The number of aliphatic hydroxyl groups excluding tert-OH is 2. The van der Waals surface area contributed by atoms with Gasteiger partial charge >= 0.3 is 0 Å². The Morgan fingerprint density at radius 3 is 2.27 bits per heavy atom. The summed E-state index contributed by atoms with van der Waals surface area (Å²) in [5.41, 5.74) is 6.49. The van der Waals surface area contributed by atoms with E-state index in [4.69, 9.17) is 11.1 Å². The third-order valence-electron chi connectivity index (χ3n) is 2.09. The summed E-state index contributed by atoms with van der Waals surface area (Å²) in [6.45, 7) is 0. The van der Waals surface area contributed by atoms with Gasteiger partial charge in [-0.3, -0.25) is 5.41 Å². The van der Waals surface area contributed by atoms with E-state index in [1.807, 2.05) is 0 Å². The number of halogens is 1. The Bertz CT molecular complexity index is 340. The number of aliphatic hydroxyl groups is 2. The number of nitrogen functional groups attached to an aromatic ring is 1. The van der Waals surface area contributed by atoms with Gasteiger partial charge in [0.05, 0.1) is 6.10 Å². The minimum absolute atomic E-state index is 0.0166. The predicted molar refractivity (Wildman–Crippen MR) is 62.2 cm³/mol. The standard InChI is InChI=1S/C10H13BrN2O2/c11-5-8(14)9(15)6-1-3-7(4-2-6)10(12)13/h1-4,8-9,14-15H,5H2,(H3,12,13). The van der Waals surface area contributed by atoms with Crippen LogP contribution in [-0.2, 0) is 0 Å². The fourth-order valence-electron chi connectivity index (χ4n) is 1.17. The number of benzene rings is 1. The van der Waals surface area contributed by atoms with Gasteiger partial charge in [0.15, 0.2) is 0 Å². The zero-order chi connectivity index (χ0) is 11.4. The molecule has 1 aromatic carbocycles. The molecule has 0 fully saturated rings. The minimum Gasteiger partial charge on any atom is -0.389 e. The van der Waals surface area contributed by atoms with Crippen molar-refractivity contribution in [2.75, 3.05) is 5.33 Å². The first-order valence-corrected chi connectivity index (χ1v) is 5.55. The largest absolute Gasteiger partial charge is 0.389 e. The van der Waals surface area contributed by atoms with Gasteiger partial charge in [0, 0.05) is 10.9 Å². The minimum atomic E-state index is -0.926. The Morgan fingerprint density at radius 2 is 1.87 bits per heavy atom. The highest BCUT2D eigenvalue weighted by Crippen LogP contribution is 2.18. The molecule has 0 bridgehead atoms. The number of amidine groups is 1. The van der Waals surface area contributed by atoms with Crippen LogP contribution in [0, 0.1) is 5.41 Å². The molecule has 5 heteroatoms. The van der Waals surface area contributed by atoms with Crippen LogP contribution in [0.25, 0.3) is 0 Å². The second kappa shape index (κ2) is 5.25. The van der Waals surface area contributed by atoms with Gasteiger partial charge < -0.3 is 15.9 Å². The molecule has 0 spiro atoms. The molecule has 0 amide bonds. The summed E-state index contributed by atoms with van der Waals surface area (Å²) in [4.78, 5) is 0. The molecule has 4 nitrogen and oxygen atoms in total. The second-order valence-electron chi connectivity index (χ2n) is 3.20. The lowest BCUT2D eigenvalue weighted by Crippen LogP contribution is -2.19. The zero-order valence-electron chi connectivity index (χ0n) is 8.02. The van der Waals surface area contributed by atoms with Crippen molar-refractivity contribution in [3.05, 3.63) is 35.4 Å². The number of hydrogen-bond acceptors (Lipinski definition) is 3. The maximum absolute atomic E-state index is 9.65. The van der Waals surface area contributed by atoms with Crippen molar-refractivity contribution in [3.63, 3.8) is 0 Å². The van der Waals surface area contributed by atoms with E-state index in [1.54, 1.807) is 24.3 Å². The van der Waals surface area contributed by atoms with Crippen LogP contribution in [-0.4, -0.2) is 27.5 Å². The van der Waals surface area contributed by atoms with E-state index < -0.39 is 12.2 Å². The van der Waals surface area contributed by atoms with Gasteiger partial charge in [0.25, 0.3) is 0 Å². The molecule has 15 heavy (non-hydrogen) atoms. The predicted octanol–water partition coefficient (Wildman–Crippen LogP) is 0.760. The van der Waals surface area contributed by atoms with Crippen LogP contribution in [0.5, 0.6) is 0 Å². The van der Waals surface area contributed by atoms with Crippen molar-refractivity contribution in [2.45, 2.75) is 12.2 Å². The van der Waals surface area contributed by atoms with E-state index >= 15 is 0 Å². The lowest BCUT2D eigenvalue weighted by atomic mass is 10.0. The molecule has 2 atom stereocenters. The molecule has 2 unspecified atom stereocenters. The third-order valence-corrected chi connectivity index (χ3v) is 2.75. The Morgan fingerprint density at radius 1 is 1.33 bits per heavy atom. The first-order chi connectivity index (χ1) is 7.06. The second-order valence-corrected chi connectivity index (χ2v) is 3.85. The Kier molecular flexibility index (Phi) is 4.26. The van der Waals surface area contributed by atoms with E-state index in [2.05, 4.69) is 15.9 Å². The van der Waals surface area contributed by atoms with Crippen molar-refractivity contribution >= 4 is 21.8 Å². The highest BCUT2D eigenvalue weighted by molar-refractivity contribution is 9.09. The molecule has 0 aliphatic rings. The number of nitrogens with one attached hydrogen (secondary N) is 1. The summed E-state index contributed by atoms with van der Waals surface area (Å²) in [5.74, 6) is -0.0166. The summed E-state index contributed by atoms with van der Waals surface area (Å²) >= 11 is 3.09. The third kappa shape index (κ3) is 3.02. The SMILES string of the molecule is N=C(N)c1ccc(C(O)C(O)CBr)cc1. The normalized spacial score (nSPS) is 14.6. The first-order valence-electron chi connectivity index (χ1n) is 4.42. The van der Waals surface area contributed by atoms with Crippen LogP contribution in [0.2, 0.25) is 0 Å². The number of alkyl halides is 1. The lowest BCUT2D eigenvalue weighted by molar-refractivity contribution is 0.0343. The van der Waals surface area contributed by atoms with Crippen LogP contribution >= 0.6 is 15.9 Å². The Hall–Kier alpha value is -0.910. The zero-order valence-corrected chi connectivity index (χ0v) is 9.61. The van der Waals surface area contributed by atoms with Gasteiger partial charge in [-0.05, 0) is 5.56 Å². The van der Waals surface area contributed by atoms with Gasteiger partial charge in [-0.2, -0.15) is 0 Å². The quantitative estimate of drug-likeness (QED) is 0.371. The smallest absolute Gasteiger partial charge is 0.122 e. The first kappa shape index (κ1) is 12.2. The fraction of sp³-hybridized carbons (Fsp3) is 0.300. The summed E-state index contributed by atoms with van der Waals surface area (Å²) in [6, 6.07) is 6.57. The van der Waals surface area contributed by atoms with Crippen molar-refractivity contribution in [2.24, 2.45) is 5.73 Å². The molecule has 0 radical (unpaired) electrons. The highest BCUT2D eigenvalue weighted by atomic mass is 79.9. The van der Waals surface area contributed by atoms with Gasteiger partial charge in [-0.15, -0.1) is 0 Å². The van der Waals surface area contributed by atoms with Gasteiger partial charge in [-0.1, -0.05) is 40.2 Å². The van der Waals surface area contributed by atoms with Gasteiger partial charge in [0.2, 0.25) is 0 Å². The Labute approximate surface area is 96.4 Å². The van der Waals surface area contributed by atoms with Gasteiger partial charge in [-0.25, -0.2) is 0 Å². The van der Waals surface area contributed by atoms with Crippen LogP contribution < -0.4 is 5.73 Å². The van der Waals surface area contributed by atoms with E-state index in [0.29, 0.717) is 16.5 Å². The van der Waals surface area contributed by atoms with Gasteiger partial charge in [0.1, 0.15) is 11.9 Å². The van der Waals surface area contributed by atoms with Crippen LogP contribution in [0.4, 0.5) is 0 Å². The molecular weight excluding hydrogens is 260 g/mol. The summed E-state index contributed by atoms with van der Waals surface area (Å²) in [7, 11) is 0.